The zero-order chi connectivity index (χ0) is 14.0. The Balaban J connectivity index is 2.31. The molecule has 19 heavy (non-hydrogen) atoms. The second kappa shape index (κ2) is 5.15. The van der Waals surface area contributed by atoms with Crippen LogP contribution < -0.4 is 5.32 Å². The predicted molar refractivity (Wildman–Crippen MR) is 73.6 cm³/mol. The van der Waals surface area contributed by atoms with Gasteiger partial charge in [-0.2, -0.15) is 0 Å². The van der Waals surface area contributed by atoms with Crippen molar-refractivity contribution >= 4 is 11.7 Å². The predicted octanol–water partition coefficient (Wildman–Crippen LogP) is 3.04. The third-order valence-electron chi connectivity index (χ3n) is 3.67. The number of aromatic nitrogens is 2. The van der Waals surface area contributed by atoms with E-state index < -0.39 is 5.97 Å². The summed E-state index contributed by atoms with van der Waals surface area (Å²) in [5.41, 5.74) is 0.570. The summed E-state index contributed by atoms with van der Waals surface area (Å²) in [6.45, 7) is 6.03. The maximum absolute atomic E-state index is 11.3. The molecule has 2 rings (SSSR count). The molecule has 0 aromatic carbocycles. The van der Waals surface area contributed by atoms with Gasteiger partial charge in [0.15, 0.2) is 5.69 Å². The van der Waals surface area contributed by atoms with Gasteiger partial charge in [0.05, 0.1) is 11.9 Å². The Morgan fingerprint density at radius 2 is 2.05 bits per heavy atom. The number of carboxylic acids is 1. The number of nitrogens with one attached hydrogen (secondary N) is 1. The highest BCUT2D eigenvalue weighted by atomic mass is 16.4. The van der Waals surface area contributed by atoms with Crippen LogP contribution in [0.3, 0.4) is 0 Å². The van der Waals surface area contributed by atoms with E-state index in [2.05, 4.69) is 22.2 Å². The van der Waals surface area contributed by atoms with Crippen LogP contribution >= 0.6 is 0 Å². The van der Waals surface area contributed by atoms with Gasteiger partial charge in [-0.1, -0.05) is 26.7 Å². The maximum Gasteiger partial charge on any atom is 0.356 e. The zero-order valence-corrected chi connectivity index (χ0v) is 11.7. The first-order chi connectivity index (χ1) is 8.91. The lowest BCUT2D eigenvalue weighted by Crippen LogP contribution is -2.32. The van der Waals surface area contributed by atoms with Crippen molar-refractivity contribution in [1.82, 2.24) is 9.97 Å². The number of carbonyl (C=O) groups is 1. The molecule has 1 aliphatic rings. The van der Waals surface area contributed by atoms with E-state index in [4.69, 9.17) is 0 Å². The molecule has 1 aliphatic carbocycles. The monoisotopic (exact) mass is 263 g/mol. The van der Waals surface area contributed by atoms with Crippen LogP contribution in [0.2, 0.25) is 0 Å². The number of hydrogen-bond acceptors (Lipinski definition) is 4. The number of nitrogens with zero attached hydrogens (tertiary/aromatic N) is 2. The first-order valence-corrected chi connectivity index (χ1v) is 6.80. The summed E-state index contributed by atoms with van der Waals surface area (Å²) in [4.78, 5) is 19.8. The minimum Gasteiger partial charge on any atom is -0.476 e. The second-order valence-corrected chi connectivity index (χ2v) is 5.84. The van der Waals surface area contributed by atoms with Gasteiger partial charge < -0.3 is 10.4 Å². The molecule has 2 N–H and O–H groups in total. The van der Waals surface area contributed by atoms with Gasteiger partial charge in [0.2, 0.25) is 0 Å². The lowest BCUT2D eigenvalue weighted by Gasteiger charge is -2.27. The van der Waals surface area contributed by atoms with Crippen molar-refractivity contribution in [2.75, 3.05) is 5.32 Å². The highest BCUT2D eigenvalue weighted by Crippen LogP contribution is 2.33. The molecule has 1 saturated carbocycles. The maximum atomic E-state index is 11.3. The fourth-order valence-corrected chi connectivity index (χ4v) is 2.53. The van der Waals surface area contributed by atoms with Crippen LogP contribution in [0.15, 0.2) is 6.20 Å². The third kappa shape index (κ3) is 3.03. The summed E-state index contributed by atoms with van der Waals surface area (Å²) in [6, 6.07) is 0. The van der Waals surface area contributed by atoms with E-state index in [9.17, 15) is 9.90 Å². The molecule has 1 fully saturated rings. The highest BCUT2D eigenvalue weighted by Gasteiger charge is 2.30. The Bertz CT molecular complexity index is 480. The van der Waals surface area contributed by atoms with Crippen LogP contribution in [0, 0.1) is 0 Å². The second-order valence-electron chi connectivity index (χ2n) is 5.84. The molecule has 0 atom stereocenters. The molecule has 0 aliphatic heterocycles. The van der Waals surface area contributed by atoms with Gasteiger partial charge in [0, 0.05) is 11.5 Å². The molecule has 0 amide bonds. The van der Waals surface area contributed by atoms with Gasteiger partial charge in [-0.3, -0.25) is 0 Å². The average Bonchev–Trinajstić information content (AvgIpc) is 2.75. The molecule has 0 radical (unpaired) electrons. The summed E-state index contributed by atoms with van der Waals surface area (Å²) in [7, 11) is 0. The van der Waals surface area contributed by atoms with Gasteiger partial charge in [0.25, 0.3) is 0 Å². The first-order valence-electron chi connectivity index (χ1n) is 6.80. The van der Waals surface area contributed by atoms with Crippen LogP contribution in [-0.2, 0) is 0 Å². The van der Waals surface area contributed by atoms with Crippen LogP contribution in [0.1, 0.15) is 68.7 Å². The van der Waals surface area contributed by atoms with Crippen LogP contribution in [0.25, 0.3) is 0 Å². The number of carboxylic acid groups (broad SMARTS) is 1. The van der Waals surface area contributed by atoms with E-state index in [-0.39, 0.29) is 17.2 Å². The number of aromatic carboxylic acids is 1. The number of hydrogen-bond donors (Lipinski definition) is 2. The minimum atomic E-state index is -1.01. The van der Waals surface area contributed by atoms with Crippen molar-refractivity contribution in [1.29, 1.82) is 0 Å². The zero-order valence-electron chi connectivity index (χ0n) is 11.7. The molecule has 0 spiro atoms. The van der Waals surface area contributed by atoms with E-state index in [0.717, 1.165) is 12.8 Å². The number of rotatable bonds is 4. The number of anilines is 1. The normalized spacial score (nSPS) is 17.7. The molecule has 1 heterocycles. The van der Waals surface area contributed by atoms with E-state index in [1.807, 2.05) is 13.8 Å². The standard InChI is InChI=1S/C14H21N3O2/c1-9(2)12-15-8-10(11(16-12)13(18)19)17-14(3)6-4-5-7-14/h8-9,17H,4-7H2,1-3H3,(H,18,19). The van der Waals surface area contributed by atoms with E-state index >= 15 is 0 Å². The van der Waals surface area contributed by atoms with Crippen molar-refractivity contribution in [2.24, 2.45) is 0 Å². The molecule has 5 heteroatoms. The topological polar surface area (TPSA) is 75.1 Å². The quantitative estimate of drug-likeness (QED) is 0.873. The fourth-order valence-electron chi connectivity index (χ4n) is 2.53. The molecular formula is C14H21N3O2. The summed E-state index contributed by atoms with van der Waals surface area (Å²) in [5.74, 6) is -0.317. The van der Waals surface area contributed by atoms with E-state index in [0.29, 0.717) is 11.5 Å². The Kier molecular flexibility index (Phi) is 3.73. The van der Waals surface area contributed by atoms with E-state index in [1.54, 1.807) is 6.20 Å². The molecule has 1 aromatic rings. The van der Waals surface area contributed by atoms with Crippen molar-refractivity contribution in [3.05, 3.63) is 17.7 Å². The summed E-state index contributed by atoms with van der Waals surface area (Å²) >= 11 is 0. The summed E-state index contributed by atoms with van der Waals surface area (Å²) in [6.07, 6.45) is 6.07. The summed E-state index contributed by atoms with van der Waals surface area (Å²) < 4.78 is 0. The molecule has 0 saturated heterocycles. The van der Waals surface area contributed by atoms with Gasteiger partial charge in [-0.15, -0.1) is 0 Å². The third-order valence-corrected chi connectivity index (χ3v) is 3.67. The lowest BCUT2D eigenvalue weighted by atomic mass is 10.0. The smallest absolute Gasteiger partial charge is 0.356 e. The SMILES string of the molecule is CC(C)c1ncc(NC2(C)CCCC2)c(C(=O)O)n1. The Labute approximate surface area is 113 Å². The van der Waals surface area contributed by atoms with Crippen molar-refractivity contribution in [3.8, 4) is 0 Å². The van der Waals surface area contributed by atoms with Gasteiger partial charge in [0.1, 0.15) is 5.82 Å². The minimum absolute atomic E-state index is 0.0348. The first kappa shape index (κ1) is 13.8. The Morgan fingerprint density at radius 3 is 2.58 bits per heavy atom. The van der Waals surface area contributed by atoms with Crippen molar-refractivity contribution in [2.45, 2.75) is 57.9 Å². The fraction of sp³-hybridized carbons (Fsp3) is 0.643. The van der Waals surface area contributed by atoms with Gasteiger partial charge >= 0.3 is 5.97 Å². The van der Waals surface area contributed by atoms with Crippen molar-refractivity contribution in [3.63, 3.8) is 0 Å². The molecule has 104 valence electrons. The molecule has 0 bridgehead atoms. The van der Waals surface area contributed by atoms with Crippen LogP contribution in [-0.4, -0.2) is 26.6 Å². The molecule has 0 unspecified atom stereocenters. The largest absolute Gasteiger partial charge is 0.476 e. The molecule has 1 aromatic heterocycles. The van der Waals surface area contributed by atoms with Gasteiger partial charge in [-0.05, 0) is 19.8 Å². The average molecular weight is 263 g/mol. The highest BCUT2D eigenvalue weighted by molar-refractivity contribution is 5.91. The molecular weight excluding hydrogens is 242 g/mol. The van der Waals surface area contributed by atoms with E-state index in [1.165, 1.54) is 12.8 Å². The Hall–Kier alpha value is -1.65. The summed E-state index contributed by atoms with van der Waals surface area (Å²) in [5, 5.41) is 12.6. The Morgan fingerprint density at radius 1 is 1.42 bits per heavy atom. The van der Waals surface area contributed by atoms with Gasteiger partial charge in [-0.25, -0.2) is 14.8 Å². The van der Waals surface area contributed by atoms with Crippen LogP contribution in [0.4, 0.5) is 5.69 Å². The van der Waals surface area contributed by atoms with Crippen molar-refractivity contribution < 1.29 is 9.90 Å². The van der Waals surface area contributed by atoms with Crippen LogP contribution in [0.5, 0.6) is 0 Å². The molecule has 5 nitrogen and oxygen atoms in total. The lowest BCUT2D eigenvalue weighted by molar-refractivity contribution is 0.0691.